The summed E-state index contributed by atoms with van der Waals surface area (Å²) in [6.07, 6.45) is 1.41. The lowest BCUT2D eigenvalue weighted by atomic mass is 9.79. The number of nitrogens with two attached hydrogens (primary N) is 1. The van der Waals surface area contributed by atoms with E-state index in [-0.39, 0.29) is 11.9 Å². The minimum atomic E-state index is -0.457. The van der Waals surface area contributed by atoms with E-state index >= 15 is 0 Å². The van der Waals surface area contributed by atoms with E-state index in [0.29, 0.717) is 32.6 Å². The second kappa shape index (κ2) is 6.17. The van der Waals surface area contributed by atoms with Crippen molar-refractivity contribution in [3.63, 3.8) is 0 Å². The molecule has 1 aromatic rings. The average molecular weight is 262 g/mol. The normalized spacial score (nSPS) is 19.7. The maximum atomic E-state index is 12.5. The highest BCUT2D eigenvalue weighted by Crippen LogP contribution is 2.30. The molecule has 0 spiro atoms. The van der Waals surface area contributed by atoms with Gasteiger partial charge < -0.3 is 15.8 Å². The van der Waals surface area contributed by atoms with Gasteiger partial charge in [-0.1, -0.05) is 30.3 Å². The molecule has 1 unspecified atom stereocenters. The Bertz CT molecular complexity index is 413. The van der Waals surface area contributed by atoms with Crippen LogP contribution in [0.5, 0.6) is 0 Å². The Morgan fingerprint density at radius 1 is 1.37 bits per heavy atom. The fraction of sp³-hybridized carbons (Fsp3) is 0.533. The highest BCUT2D eigenvalue weighted by Gasteiger charge is 2.39. The van der Waals surface area contributed by atoms with E-state index in [0.717, 1.165) is 5.56 Å². The molecule has 2 rings (SSSR count). The maximum Gasteiger partial charge on any atom is 0.228 e. The van der Waals surface area contributed by atoms with Crippen molar-refractivity contribution in [3.05, 3.63) is 35.9 Å². The Morgan fingerprint density at radius 2 is 2.00 bits per heavy atom. The number of ether oxygens (including phenoxy) is 1. The van der Waals surface area contributed by atoms with Crippen molar-refractivity contribution in [1.29, 1.82) is 0 Å². The second-order valence-corrected chi connectivity index (χ2v) is 5.20. The van der Waals surface area contributed by atoms with E-state index in [1.54, 1.807) is 0 Å². The molecule has 0 bridgehead atoms. The number of carbonyl (C=O) groups is 1. The highest BCUT2D eigenvalue weighted by molar-refractivity contribution is 5.83. The molecule has 1 atom stereocenters. The predicted octanol–water partition coefficient (Wildman–Crippen LogP) is 1.62. The maximum absolute atomic E-state index is 12.5. The zero-order valence-electron chi connectivity index (χ0n) is 11.4. The summed E-state index contributed by atoms with van der Waals surface area (Å²) in [7, 11) is 0. The molecule has 0 aromatic heterocycles. The van der Waals surface area contributed by atoms with Gasteiger partial charge in [-0.15, -0.1) is 0 Å². The van der Waals surface area contributed by atoms with Gasteiger partial charge in [-0.25, -0.2) is 0 Å². The molecule has 0 radical (unpaired) electrons. The molecule has 1 aliphatic heterocycles. The summed E-state index contributed by atoms with van der Waals surface area (Å²) in [5, 5.41) is 3.08. The topological polar surface area (TPSA) is 64.4 Å². The zero-order valence-corrected chi connectivity index (χ0v) is 11.4. The molecular weight excluding hydrogens is 240 g/mol. The summed E-state index contributed by atoms with van der Waals surface area (Å²) in [5.41, 5.74) is 6.49. The molecule has 1 aromatic carbocycles. The molecule has 1 amide bonds. The van der Waals surface area contributed by atoms with E-state index in [2.05, 4.69) is 5.32 Å². The van der Waals surface area contributed by atoms with Crippen molar-refractivity contribution in [1.82, 2.24) is 5.32 Å². The number of nitrogens with one attached hydrogen (secondary N) is 1. The van der Waals surface area contributed by atoms with Gasteiger partial charge in [0, 0.05) is 19.8 Å². The number of hydrogen-bond acceptors (Lipinski definition) is 3. The van der Waals surface area contributed by atoms with Crippen LogP contribution < -0.4 is 11.1 Å². The quantitative estimate of drug-likeness (QED) is 0.866. The first-order chi connectivity index (χ1) is 9.18. The van der Waals surface area contributed by atoms with Gasteiger partial charge >= 0.3 is 0 Å². The smallest absolute Gasteiger partial charge is 0.228 e. The van der Waals surface area contributed by atoms with Gasteiger partial charge in [-0.05, 0) is 25.3 Å². The van der Waals surface area contributed by atoms with Crippen LogP contribution in [0.2, 0.25) is 0 Å². The van der Waals surface area contributed by atoms with E-state index in [1.165, 1.54) is 0 Å². The third-order valence-corrected chi connectivity index (χ3v) is 3.97. The minimum Gasteiger partial charge on any atom is -0.381 e. The Morgan fingerprint density at radius 3 is 2.58 bits per heavy atom. The van der Waals surface area contributed by atoms with Gasteiger partial charge in [0.15, 0.2) is 0 Å². The lowest BCUT2D eigenvalue weighted by molar-refractivity contribution is -0.136. The second-order valence-electron chi connectivity index (χ2n) is 5.20. The fourth-order valence-electron chi connectivity index (χ4n) is 2.46. The fourth-order valence-corrected chi connectivity index (χ4v) is 2.46. The first kappa shape index (κ1) is 14.0. The largest absolute Gasteiger partial charge is 0.381 e. The molecule has 1 aliphatic rings. The third kappa shape index (κ3) is 3.14. The van der Waals surface area contributed by atoms with Crippen molar-refractivity contribution in [2.24, 2.45) is 11.1 Å². The van der Waals surface area contributed by atoms with Crippen molar-refractivity contribution in [2.45, 2.75) is 25.8 Å². The van der Waals surface area contributed by atoms with Crippen LogP contribution in [0.15, 0.2) is 30.3 Å². The van der Waals surface area contributed by atoms with Crippen molar-refractivity contribution >= 4 is 5.91 Å². The van der Waals surface area contributed by atoms with Crippen LogP contribution in [0.1, 0.15) is 31.4 Å². The summed E-state index contributed by atoms with van der Waals surface area (Å²) in [5.74, 6) is 0.0506. The van der Waals surface area contributed by atoms with Gasteiger partial charge in [0.25, 0.3) is 0 Å². The Hall–Kier alpha value is -1.39. The summed E-state index contributed by atoms with van der Waals surface area (Å²) < 4.78 is 5.33. The van der Waals surface area contributed by atoms with Crippen LogP contribution in [-0.4, -0.2) is 25.7 Å². The molecule has 104 valence electrons. The van der Waals surface area contributed by atoms with Crippen LogP contribution in [0.3, 0.4) is 0 Å². The number of carbonyl (C=O) groups excluding carboxylic acids is 1. The molecule has 0 aliphatic carbocycles. The summed E-state index contributed by atoms with van der Waals surface area (Å²) in [6.45, 7) is 3.61. The molecule has 4 nitrogen and oxygen atoms in total. The average Bonchev–Trinajstić information content (AvgIpc) is 2.48. The molecule has 19 heavy (non-hydrogen) atoms. The van der Waals surface area contributed by atoms with Gasteiger partial charge in [0.1, 0.15) is 0 Å². The summed E-state index contributed by atoms with van der Waals surface area (Å²) >= 11 is 0. The third-order valence-electron chi connectivity index (χ3n) is 3.97. The minimum absolute atomic E-state index is 0.0000279. The molecule has 1 saturated heterocycles. The molecule has 4 heteroatoms. The molecule has 3 N–H and O–H groups in total. The number of hydrogen-bond donors (Lipinski definition) is 2. The first-order valence-corrected chi connectivity index (χ1v) is 6.82. The van der Waals surface area contributed by atoms with E-state index < -0.39 is 5.41 Å². The van der Waals surface area contributed by atoms with E-state index in [1.807, 2.05) is 37.3 Å². The van der Waals surface area contributed by atoms with Gasteiger partial charge in [-0.3, -0.25) is 4.79 Å². The summed E-state index contributed by atoms with van der Waals surface area (Å²) in [4.78, 5) is 12.5. The monoisotopic (exact) mass is 262 g/mol. The lowest BCUT2D eigenvalue weighted by Gasteiger charge is -2.35. The Labute approximate surface area is 114 Å². The molecule has 0 saturated carbocycles. The van der Waals surface area contributed by atoms with E-state index in [9.17, 15) is 4.79 Å². The number of rotatable bonds is 4. The van der Waals surface area contributed by atoms with Crippen molar-refractivity contribution in [3.8, 4) is 0 Å². The highest BCUT2D eigenvalue weighted by atomic mass is 16.5. The van der Waals surface area contributed by atoms with Gasteiger partial charge in [0.2, 0.25) is 5.91 Å². The predicted molar refractivity (Wildman–Crippen MR) is 74.5 cm³/mol. The van der Waals surface area contributed by atoms with Crippen LogP contribution in [0.25, 0.3) is 0 Å². The Kier molecular flexibility index (Phi) is 4.56. The standard InChI is InChI=1S/C15H22N2O2/c1-12(13-5-3-2-4-6-13)17-14(18)15(11-16)7-9-19-10-8-15/h2-6,12H,7-11,16H2,1H3,(H,17,18). The zero-order chi connectivity index (χ0) is 13.7. The van der Waals surface area contributed by atoms with Crippen LogP contribution >= 0.6 is 0 Å². The molecule has 1 fully saturated rings. The van der Waals surface area contributed by atoms with Gasteiger partial charge in [0.05, 0.1) is 11.5 Å². The number of benzene rings is 1. The molecular formula is C15H22N2O2. The van der Waals surface area contributed by atoms with Crippen molar-refractivity contribution in [2.75, 3.05) is 19.8 Å². The lowest BCUT2D eigenvalue weighted by Crippen LogP contribution is -2.49. The van der Waals surface area contributed by atoms with Crippen LogP contribution in [0.4, 0.5) is 0 Å². The van der Waals surface area contributed by atoms with Gasteiger partial charge in [-0.2, -0.15) is 0 Å². The Balaban J connectivity index is 2.03. The van der Waals surface area contributed by atoms with Crippen molar-refractivity contribution < 1.29 is 9.53 Å². The van der Waals surface area contributed by atoms with E-state index in [4.69, 9.17) is 10.5 Å². The first-order valence-electron chi connectivity index (χ1n) is 6.82. The number of amides is 1. The van der Waals surface area contributed by atoms with Crippen LogP contribution in [0, 0.1) is 5.41 Å². The van der Waals surface area contributed by atoms with Crippen LogP contribution in [-0.2, 0) is 9.53 Å². The summed E-state index contributed by atoms with van der Waals surface area (Å²) in [6, 6.07) is 9.96. The molecule has 1 heterocycles. The SMILES string of the molecule is CC(NC(=O)C1(CN)CCOCC1)c1ccccc1.